The fourth-order valence-electron chi connectivity index (χ4n) is 7.62. The summed E-state index contributed by atoms with van der Waals surface area (Å²) in [5.74, 6) is 2.15. The van der Waals surface area contributed by atoms with Gasteiger partial charge in [-0.25, -0.2) is 0 Å². The van der Waals surface area contributed by atoms with Crippen LogP contribution in [0, 0.1) is 29.1 Å². The van der Waals surface area contributed by atoms with Crippen LogP contribution in [-0.4, -0.2) is 25.0 Å². The van der Waals surface area contributed by atoms with Crippen molar-refractivity contribution in [1.29, 1.82) is 0 Å². The molecule has 1 aromatic carbocycles. The van der Waals surface area contributed by atoms with Gasteiger partial charge in [-0.05, 0) is 91.1 Å². The molecule has 0 heterocycles. The first kappa shape index (κ1) is 21.1. The number of aryl methyl sites for hydroxylation is 1. The molecule has 2 fully saturated rings. The molecule has 0 bridgehead atoms. The minimum absolute atomic E-state index is 0.0152. The Labute approximate surface area is 187 Å². The van der Waals surface area contributed by atoms with E-state index in [0.717, 1.165) is 25.7 Å². The molecule has 31 heavy (non-hydrogen) atoms. The third-order valence-corrected chi connectivity index (χ3v) is 9.23. The van der Waals surface area contributed by atoms with Crippen molar-refractivity contribution in [2.45, 2.75) is 70.2 Å². The summed E-state index contributed by atoms with van der Waals surface area (Å²) >= 11 is 0. The smallest absolute Gasteiger partial charge is 0.244 e. The monoisotopic (exact) mass is 415 g/mol. The highest BCUT2D eigenvalue weighted by Gasteiger charge is 2.57. The van der Waals surface area contributed by atoms with Gasteiger partial charge in [-0.2, -0.15) is 0 Å². The summed E-state index contributed by atoms with van der Waals surface area (Å²) in [6.45, 7) is 2.34. The predicted molar refractivity (Wildman–Crippen MR) is 125 cm³/mol. The molecule has 0 aromatic heterocycles. The van der Waals surface area contributed by atoms with Crippen LogP contribution in [0.3, 0.4) is 0 Å². The highest BCUT2D eigenvalue weighted by Crippen LogP contribution is 2.63. The van der Waals surface area contributed by atoms with Crippen LogP contribution in [-0.2, 0) is 17.5 Å². The lowest BCUT2D eigenvalue weighted by molar-refractivity contribution is -0.114. The lowest BCUT2D eigenvalue weighted by atomic mass is 9.55. The van der Waals surface area contributed by atoms with Gasteiger partial charge in [-0.15, -0.1) is 0 Å². The first-order chi connectivity index (χ1) is 14.9. The zero-order valence-corrected chi connectivity index (χ0v) is 18.6. The van der Waals surface area contributed by atoms with E-state index in [4.69, 9.17) is 13.6 Å². The van der Waals surface area contributed by atoms with Crippen molar-refractivity contribution in [3.63, 3.8) is 0 Å². The van der Waals surface area contributed by atoms with E-state index in [1.165, 1.54) is 24.0 Å². The number of allylic oxidation sites excluding steroid dienone is 3. The standard InChI is InChI=1S/C27H34BNO2/c1-27-10-9-22-21-7-5-17(15-28)13-18(21)6-8-23(22)24(27)14-20(25(27)30)12-16-3-2-4-19(11-16)26(29)31/h2-5,7,13,16,20,22-25,30H,6,8-12,14-15H2,1H3,(H2,29,31)/t16?,20?,22-,23-,24+,25+,27+/m1/s1. The number of aliphatic hydroxyl groups is 1. The first-order valence-electron chi connectivity index (χ1n) is 12.1. The summed E-state index contributed by atoms with van der Waals surface area (Å²) in [6, 6.07) is 6.87. The number of benzene rings is 1. The summed E-state index contributed by atoms with van der Waals surface area (Å²) in [5.41, 5.74) is 10.5. The van der Waals surface area contributed by atoms with E-state index in [1.807, 2.05) is 12.2 Å². The zero-order valence-electron chi connectivity index (χ0n) is 18.6. The van der Waals surface area contributed by atoms with Gasteiger partial charge in [0.1, 0.15) is 0 Å². The average molecular weight is 415 g/mol. The summed E-state index contributed by atoms with van der Waals surface area (Å²) in [6.07, 6.45) is 13.7. The van der Waals surface area contributed by atoms with E-state index < -0.39 is 0 Å². The number of rotatable bonds is 4. The van der Waals surface area contributed by atoms with E-state index in [0.29, 0.717) is 47.9 Å². The number of hydrogen-bond acceptors (Lipinski definition) is 2. The molecule has 0 spiro atoms. The molecule has 3 N–H and O–H groups in total. The summed E-state index contributed by atoms with van der Waals surface area (Å²) in [7, 11) is 5.87. The molecule has 2 saturated carbocycles. The van der Waals surface area contributed by atoms with Gasteiger partial charge in [0, 0.05) is 5.57 Å². The topological polar surface area (TPSA) is 63.3 Å². The first-order valence-corrected chi connectivity index (χ1v) is 12.1. The SMILES string of the molecule is [B]Cc1ccc2c(c1)CC[C@@H]1[C@@H]2CC[C@]2(C)[C@@H](O)C(CC3C=CC=C(C(N)=O)C3)C[C@@H]12. The van der Waals surface area contributed by atoms with Crippen LogP contribution < -0.4 is 5.73 Å². The van der Waals surface area contributed by atoms with E-state index in [9.17, 15) is 9.90 Å². The summed E-state index contributed by atoms with van der Waals surface area (Å²) in [4.78, 5) is 11.6. The Morgan fingerprint density at radius 2 is 2.16 bits per heavy atom. The maximum Gasteiger partial charge on any atom is 0.244 e. The number of primary amides is 1. The van der Waals surface area contributed by atoms with E-state index in [-0.39, 0.29) is 17.4 Å². The number of carbonyl (C=O) groups is 1. The van der Waals surface area contributed by atoms with Crippen LogP contribution in [0.15, 0.2) is 42.0 Å². The van der Waals surface area contributed by atoms with Crippen LogP contribution in [0.2, 0.25) is 0 Å². The minimum Gasteiger partial charge on any atom is -0.392 e. The number of hydrogen-bond donors (Lipinski definition) is 2. The Morgan fingerprint density at radius 3 is 2.94 bits per heavy atom. The van der Waals surface area contributed by atoms with Gasteiger partial charge >= 0.3 is 0 Å². The van der Waals surface area contributed by atoms with Crippen molar-refractivity contribution in [2.75, 3.05) is 0 Å². The van der Waals surface area contributed by atoms with Crippen molar-refractivity contribution in [2.24, 2.45) is 34.8 Å². The van der Waals surface area contributed by atoms with Gasteiger partial charge in [-0.3, -0.25) is 4.79 Å². The number of aliphatic hydroxyl groups excluding tert-OH is 1. The third-order valence-electron chi connectivity index (χ3n) is 9.23. The molecule has 2 radical (unpaired) electrons. The Morgan fingerprint density at radius 1 is 1.32 bits per heavy atom. The highest BCUT2D eigenvalue weighted by atomic mass is 16.3. The van der Waals surface area contributed by atoms with Crippen LogP contribution in [0.25, 0.3) is 0 Å². The number of nitrogens with two attached hydrogens (primary N) is 1. The Balaban J connectivity index is 1.34. The molecule has 4 aliphatic rings. The van der Waals surface area contributed by atoms with E-state index in [2.05, 4.69) is 31.2 Å². The molecule has 7 atom stereocenters. The molecule has 1 amide bonds. The van der Waals surface area contributed by atoms with Crippen LogP contribution in [0.1, 0.15) is 68.1 Å². The van der Waals surface area contributed by atoms with Crippen molar-refractivity contribution in [3.05, 3.63) is 58.7 Å². The van der Waals surface area contributed by atoms with Crippen LogP contribution in [0.5, 0.6) is 0 Å². The molecule has 4 aliphatic carbocycles. The Bertz CT molecular complexity index is 937. The molecule has 162 valence electrons. The average Bonchev–Trinajstić information content (AvgIpc) is 3.03. The molecule has 0 aliphatic heterocycles. The fraction of sp³-hybridized carbons (Fsp3) is 0.593. The van der Waals surface area contributed by atoms with Crippen molar-refractivity contribution >= 4 is 13.8 Å². The maximum absolute atomic E-state index is 11.6. The quantitative estimate of drug-likeness (QED) is 0.725. The molecule has 1 aromatic rings. The van der Waals surface area contributed by atoms with Gasteiger partial charge in [0.05, 0.1) is 14.0 Å². The van der Waals surface area contributed by atoms with Crippen molar-refractivity contribution in [3.8, 4) is 0 Å². The number of fused-ring (bicyclic) bond motifs is 5. The normalized spacial score (nSPS) is 38.7. The Kier molecular flexibility index (Phi) is 5.41. The van der Waals surface area contributed by atoms with Crippen LogP contribution >= 0.6 is 0 Å². The Hall–Kier alpha value is -1.81. The van der Waals surface area contributed by atoms with Crippen molar-refractivity contribution < 1.29 is 9.90 Å². The van der Waals surface area contributed by atoms with E-state index >= 15 is 0 Å². The number of carbonyl (C=O) groups excluding carboxylic acids is 1. The summed E-state index contributed by atoms with van der Waals surface area (Å²) < 4.78 is 0. The highest BCUT2D eigenvalue weighted by molar-refractivity contribution is 6.08. The second-order valence-corrected chi connectivity index (χ2v) is 10.8. The van der Waals surface area contributed by atoms with Gasteiger partial charge in [0.2, 0.25) is 5.91 Å². The van der Waals surface area contributed by atoms with Crippen LogP contribution in [0.4, 0.5) is 0 Å². The van der Waals surface area contributed by atoms with Gasteiger partial charge in [-0.1, -0.05) is 55.2 Å². The van der Waals surface area contributed by atoms with Gasteiger partial charge in [0.25, 0.3) is 0 Å². The van der Waals surface area contributed by atoms with E-state index in [1.54, 1.807) is 5.56 Å². The van der Waals surface area contributed by atoms with Gasteiger partial charge in [0.15, 0.2) is 0 Å². The molecular weight excluding hydrogens is 381 g/mol. The van der Waals surface area contributed by atoms with Crippen molar-refractivity contribution in [1.82, 2.24) is 0 Å². The maximum atomic E-state index is 11.6. The minimum atomic E-state index is -0.316. The molecule has 4 heteroatoms. The second-order valence-electron chi connectivity index (χ2n) is 10.8. The van der Waals surface area contributed by atoms with Gasteiger partial charge < -0.3 is 10.8 Å². The predicted octanol–water partition coefficient (Wildman–Crippen LogP) is 4.18. The number of amides is 1. The third kappa shape index (κ3) is 3.51. The molecule has 3 nitrogen and oxygen atoms in total. The fourth-order valence-corrected chi connectivity index (χ4v) is 7.62. The lowest BCUT2D eigenvalue weighted by Gasteiger charge is -2.50. The summed E-state index contributed by atoms with van der Waals surface area (Å²) in [5, 5.41) is 11.5. The second kappa shape index (κ2) is 7.96. The zero-order chi connectivity index (χ0) is 21.8. The molecule has 2 unspecified atom stereocenters. The lowest BCUT2D eigenvalue weighted by Crippen LogP contribution is -2.44. The largest absolute Gasteiger partial charge is 0.392 e. The molecule has 0 saturated heterocycles. The molecule has 5 rings (SSSR count). The molecular formula is C27H34BNO2.